The van der Waals surface area contributed by atoms with E-state index in [1.807, 2.05) is 0 Å². The molecule has 0 spiro atoms. The zero-order valence-electron chi connectivity index (χ0n) is 7.66. The monoisotopic (exact) mass is 189 g/mol. The molecule has 0 radical (unpaired) electrons. The molecule has 1 aromatic carbocycles. The minimum Gasteiger partial charge on any atom is -0.508 e. The molecule has 1 amide bonds. The van der Waals surface area contributed by atoms with Gasteiger partial charge in [-0.15, -0.1) is 0 Å². The molecule has 3 heteroatoms. The lowest BCUT2D eigenvalue weighted by Crippen LogP contribution is -2.20. The van der Waals surface area contributed by atoms with Crippen LogP contribution in [0.4, 0.5) is 0 Å². The largest absolute Gasteiger partial charge is 0.508 e. The number of aromatic hydroxyl groups is 1. The fourth-order valence-corrected chi connectivity index (χ4v) is 2.15. The SMILES string of the molecule is O=C1NC(C2CC2)c2c(O)cccc21. The van der Waals surface area contributed by atoms with Gasteiger partial charge in [-0.3, -0.25) is 4.79 Å². The summed E-state index contributed by atoms with van der Waals surface area (Å²) in [7, 11) is 0. The lowest BCUT2D eigenvalue weighted by atomic mass is 10.0. The van der Waals surface area contributed by atoms with Crippen LogP contribution in [0.1, 0.15) is 34.8 Å². The number of fused-ring (bicyclic) bond motifs is 1. The minimum atomic E-state index is -0.0483. The molecule has 1 aliphatic carbocycles. The maximum atomic E-state index is 11.5. The topological polar surface area (TPSA) is 49.3 Å². The summed E-state index contributed by atoms with van der Waals surface area (Å²) in [5.74, 6) is 0.735. The number of phenolic OH excluding ortho intramolecular Hbond substituents is 1. The molecule has 0 aromatic heterocycles. The number of rotatable bonds is 1. The van der Waals surface area contributed by atoms with Gasteiger partial charge in [0.2, 0.25) is 0 Å². The van der Waals surface area contributed by atoms with Crippen molar-refractivity contribution >= 4 is 5.91 Å². The molecule has 0 bridgehead atoms. The van der Waals surface area contributed by atoms with Crippen molar-refractivity contribution in [3.8, 4) is 5.75 Å². The molecule has 3 nitrogen and oxygen atoms in total. The van der Waals surface area contributed by atoms with Crippen molar-refractivity contribution in [2.45, 2.75) is 18.9 Å². The Balaban J connectivity index is 2.14. The Labute approximate surface area is 81.8 Å². The molecule has 1 aromatic rings. The van der Waals surface area contributed by atoms with E-state index >= 15 is 0 Å². The van der Waals surface area contributed by atoms with Gasteiger partial charge in [-0.1, -0.05) is 6.07 Å². The van der Waals surface area contributed by atoms with Crippen LogP contribution in [0.15, 0.2) is 18.2 Å². The fourth-order valence-electron chi connectivity index (χ4n) is 2.15. The maximum absolute atomic E-state index is 11.5. The Morgan fingerprint density at radius 3 is 2.86 bits per heavy atom. The Morgan fingerprint density at radius 1 is 1.36 bits per heavy atom. The summed E-state index contributed by atoms with van der Waals surface area (Å²) in [6.07, 6.45) is 2.30. The van der Waals surface area contributed by atoms with Gasteiger partial charge in [0, 0.05) is 11.1 Å². The highest BCUT2D eigenvalue weighted by Crippen LogP contribution is 2.47. The van der Waals surface area contributed by atoms with Crippen LogP contribution in [0.25, 0.3) is 0 Å². The molecule has 2 N–H and O–H groups in total. The molecule has 1 unspecified atom stereocenters. The minimum absolute atomic E-state index is 0.0483. The van der Waals surface area contributed by atoms with E-state index in [-0.39, 0.29) is 17.7 Å². The van der Waals surface area contributed by atoms with Gasteiger partial charge in [-0.05, 0) is 30.9 Å². The van der Waals surface area contributed by atoms with Crippen molar-refractivity contribution in [3.05, 3.63) is 29.3 Å². The molecule has 1 atom stereocenters. The number of carbonyl (C=O) groups excluding carboxylic acids is 1. The quantitative estimate of drug-likeness (QED) is 0.704. The number of amides is 1. The molecule has 1 heterocycles. The van der Waals surface area contributed by atoms with Gasteiger partial charge in [0.15, 0.2) is 0 Å². The second-order valence-corrected chi connectivity index (χ2v) is 4.03. The smallest absolute Gasteiger partial charge is 0.252 e. The van der Waals surface area contributed by atoms with E-state index in [1.54, 1.807) is 18.2 Å². The van der Waals surface area contributed by atoms with Crippen LogP contribution in [-0.4, -0.2) is 11.0 Å². The third-order valence-corrected chi connectivity index (χ3v) is 3.02. The summed E-state index contributed by atoms with van der Waals surface area (Å²) in [4.78, 5) is 11.5. The van der Waals surface area contributed by atoms with Crippen molar-refractivity contribution in [2.75, 3.05) is 0 Å². The predicted octanol–water partition coefficient (Wildman–Crippen LogP) is 1.59. The van der Waals surface area contributed by atoms with Crippen LogP contribution in [0.3, 0.4) is 0 Å². The van der Waals surface area contributed by atoms with E-state index < -0.39 is 0 Å². The van der Waals surface area contributed by atoms with Gasteiger partial charge >= 0.3 is 0 Å². The lowest BCUT2D eigenvalue weighted by molar-refractivity contribution is 0.0953. The van der Waals surface area contributed by atoms with Crippen molar-refractivity contribution in [1.29, 1.82) is 0 Å². The summed E-state index contributed by atoms with van der Waals surface area (Å²) in [5, 5.41) is 12.6. The maximum Gasteiger partial charge on any atom is 0.252 e. The summed E-state index contributed by atoms with van der Waals surface area (Å²) < 4.78 is 0. The Hall–Kier alpha value is -1.51. The highest BCUT2D eigenvalue weighted by atomic mass is 16.3. The second kappa shape index (κ2) is 2.50. The number of phenols is 1. The van der Waals surface area contributed by atoms with E-state index in [2.05, 4.69) is 5.32 Å². The average molecular weight is 189 g/mol. The molecule has 0 saturated heterocycles. The molecule has 72 valence electrons. The van der Waals surface area contributed by atoms with E-state index in [0.717, 1.165) is 18.4 Å². The third-order valence-electron chi connectivity index (χ3n) is 3.02. The van der Waals surface area contributed by atoms with Crippen molar-refractivity contribution in [3.63, 3.8) is 0 Å². The number of nitrogens with one attached hydrogen (secondary N) is 1. The summed E-state index contributed by atoms with van der Waals surface area (Å²) in [6.45, 7) is 0. The predicted molar refractivity (Wildman–Crippen MR) is 51.0 cm³/mol. The number of carbonyl (C=O) groups is 1. The van der Waals surface area contributed by atoms with Crippen molar-refractivity contribution in [1.82, 2.24) is 5.32 Å². The Bertz CT molecular complexity index is 410. The molecule has 14 heavy (non-hydrogen) atoms. The fraction of sp³-hybridized carbons (Fsp3) is 0.364. The molecular formula is C11H11NO2. The van der Waals surface area contributed by atoms with Gasteiger partial charge in [-0.2, -0.15) is 0 Å². The number of benzene rings is 1. The van der Waals surface area contributed by atoms with E-state index in [0.29, 0.717) is 11.5 Å². The summed E-state index contributed by atoms with van der Waals surface area (Å²) in [6, 6.07) is 5.18. The average Bonchev–Trinajstić information content (AvgIpc) is 2.94. The Morgan fingerprint density at radius 2 is 2.14 bits per heavy atom. The van der Waals surface area contributed by atoms with E-state index in [1.165, 1.54) is 0 Å². The first-order chi connectivity index (χ1) is 6.77. The van der Waals surface area contributed by atoms with Gasteiger partial charge in [0.25, 0.3) is 5.91 Å². The zero-order chi connectivity index (χ0) is 9.71. The van der Waals surface area contributed by atoms with Crippen molar-refractivity contribution < 1.29 is 9.90 Å². The Kier molecular flexibility index (Phi) is 1.40. The lowest BCUT2D eigenvalue weighted by Gasteiger charge is -2.10. The van der Waals surface area contributed by atoms with Gasteiger partial charge in [0.1, 0.15) is 5.75 Å². The first-order valence-electron chi connectivity index (χ1n) is 4.90. The van der Waals surface area contributed by atoms with Crippen LogP contribution in [0, 0.1) is 5.92 Å². The molecular weight excluding hydrogens is 178 g/mol. The van der Waals surface area contributed by atoms with E-state index in [9.17, 15) is 9.90 Å². The molecule has 2 aliphatic rings. The van der Waals surface area contributed by atoms with Crippen LogP contribution in [-0.2, 0) is 0 Å². The first kappa shape index (κ1) is 7.85. The van der Waals surface area contributed by atoms with Crippen LogP contribution in [0.5, 0.6) is 5.75 Å². The zero-order valence-corrected chi connectivity index (χ0v) is 7.66. The van der Waals surface area contributed by atoms with Crippen LogP contribution in [0.2, 0.25) is 0 Å². The van der Waals surface area contributed by atoms with Gasteiger partial charge in [-0.25, -0.2) is 0 Å². The highest BCUT2D eigenvalue weighted by Gasteiger charge is 2.41. The molecule has 1 saturated carbocycles. The molecule has 1 aliphatic heterocycles. The number of hydrogen-bond donors (Lipinski definition) is 2. The first-order valence-corrected chi connectivity index (χ1v) is 4.90. The molecule has 3 rings (SSSR count). The third kappa shape index (κ3) is 0.953. The van der Waals surface area contributed by atoms with Crippen molar-refractivity contribution in [2.24, 2.45) is 5.92 Å². The van der Waals surface area contributed by atoms with Gasteiger partial charge in [0.05, 0.1) is 6.04 Å². The van der Waals surface area contributed by atoms with Crippen LogP contribution >= 0.6 is 0 Å². The summed E-state index contributed by atoms with van der Waals surface area (Å²) >= 11 is 0. The summed E-state index contributed by atoms with van der Waals surface area (Å²) in [5.41, 5.74) is 1.45. The molecule has 1 fully saturated rings. The normalized spacial score (nSPS) is 24.6. The number of hydrogen-bond acceptors (Lipinski definition) is 2. The highest BCUT2D eigenvalue weighted by molar-refractivity contribution is 6.00. The standard InChI is InChI=1S/C11H11NO2/c13-8-3-1-2-7-9(8)10(6-4-5-6)12-11(7)14/h1-3,6,10,13H,4-5H2,(H,12,14). The van der Waals surface area contributed by atoms with E-state index in [4.69, 9.17) is 0 Å². The van der Waals surface area contributed by atoms with Gasteiger partial charge < -0.3 is 10.4 Å². The second-order valence-electron chi connectivity index (χ2n) is 4.03. The van der Waals surface area contributed by atoms with Crippen LogP contribution < -0.4 is 5.32 Å².